The molecule has 1 heterocycles. The van der Waals surface area contributed by atoms with Crippen LogP contribution in [0, 0.1) is 42.9 Å². The molecule has 1 fully saturated rings. The predicted molar refractivity (Wildman–Crippen MR) is 110 cm³/mol. The highest BCUT2D eigenvalue weighted by Gasteiger charge is 2.39. The molecule has 3 aromatic rings. The first kappa shape index (κ1) is 25.0. The molecule has 0 bridgehead atoms. The monoisotopic (exact) mass is 500 g/mol. The minimum Gasteiger partial charge on any atom is -0.423 e. The van der Waals surface area contributed by atoms with Gasteiger partial charge in [-0.3, -0.25) is 0 Å². The number of ether oxygens (including phenoxy) is 3. The van der Waals surface area contributed by atoms with Crippen molar-refractivity contribution in [3.8, 4) is 5.75 Å². The van der Waals surface area contributed by atoms with E-state index in [0.29, 0.717) is 12.1 Å². The summed E-state index contributed by atoms with van der Waals surface area (Å²) in [7, 11) is 0. The van der Waals surface area contributed by atoms with Gasteiger partial charge in [-0.05, 0) is 54.8 Å². The van der Waals surface area contributed by atoms with Gasteiger partial charge in [0.2, 0.25) is 0 Å². The Morgan fingerprint density at radius 3 is 1.86 bits per heavy atom. The molecule has 0 aliphatic carbocycles. The first-order valence-electron chi connectivity index (χ1n) is 10.5. The van der Waals surface area contributed by atoms with E-state index >= 15 is 0 Å². The number of alkyl halides is 2. The Kier molecular flexibility index (Phi) is 6.79. The van der Waals surface area contributed by atoms with Gasteiger partial charge >= 0.3 is 6.11 Å². The van der Waals surface area contributed by atoms with Crippen LogP contribution in [-0.2, 0) is 15.6 Å². The zero-order chi connectivity index (χ0) is 25.5. The van der Waals surface area contributed by atoms with Crippen molar-refractivity contribution >= 4 is 0 Å². The van der Waals surface area contributed by atoms with E-state index in [2.05, 4.69) is 4.74 Å². The Hall–Kier alpha value is -3.11. The molecule has 0 N–H and O–H groups in total. The standard InChI is InChI=1S/C25H19F7O3/c1-12-3-4-14(5-13(12)2)16-10-33-24(34-11-16)15-6-20(28)23(21(29)7-15)35-25(31,32)17-8-18(26)22(30)19(27)9-17/h3-9,16,24H,10-11H2,1-2H3. The van der Waals surface area contributed by atoms with E-state index < -0.39 is 52.8 Å². The van der Waals surface area contributed by atoms with E-state index in [9.17, 15) is 30.7 Å². The lowest BCUT2D eigenvalue weighted by Gasteiger charge is -2.30. The largest absolute Gasteiger partial charge is 0.427 e. The van der Waals surface area contributed by atoms with E-state index in [0.717, 1.165) is 16.7 Å². The number of hydrogen-bond donors (Lipinski definition) is 0. The van der Waals surface area contributed by atoms with Crippen molar-refractivity contribution < 1.29 is 44.9 Å². The molecule has 3 aromatic carbocycles. The lowest BCUT2D eigenvalue weighted by molar-refractivity contribution is -0.193. The third-order valence-corrected chi connectivity index (χ3v) is 5.74. The van der Waals surface area contributed by atoms with E-state index in [1.165, 1.54) is 0 Å². The summed E-state index contributed by atoms with van der Waals surface area (Å²) in [6.45, 7) is 4.32. The summed E-state index contributed by atoms with van der Waals surface area (Å²) >= 11 is 0. The molecule has 4 rings (SSSR count). The van der Waals surface area contributed by atoms with Gasteiger partial charge in [-0.2, -0.15) is 8.78 Å². The van der Waals surface area contributed by atoms with E-state index in [1.54, 1.807) is 0 Å². The molecule has 0 unspecified atom stereocenters. The maximum atomic E-state index is 14.5. The molecule has 0 saturated carbocycles. The van der Waals surface area contributed by atoms with Gasteiger partial charge in [0.05, 0.1) is 18.8 Å². The van der Waals surface area contributed by atoms with Gasteiger partial charge in [0.1, 0.15) is 0 Å². The van der Waals surface area contributed by atoms with E-state index in [4.69, 9.17) is 9.47 Å². The Balaban J connectivity index is 1.50. The predicted octanol–water partition coefficient (Wildman–Crippen LogP) is 6.96. The fourth-order valence-corrected chi connectivity index (χ4v) is 3.63. The zero-order valence-corrected chi connectivity index (χ0v) is 18.5. The molecular formula is C25H19F7O3. The minimum atomic E-state index is -4.57. The summed E-state index contributed by atoms with van der Waals surface area (Å²) in [5, 5.41) is 0. The first-order valence-corrected chi connectivity index (χ1v) is 10.5. The molecular weight excluding hydrogens is 481 g/mol. The van der Waals surface area contributed by atoms with Crippen molar-refractivity contribution in [1.29, 1.82) is 0 Å². The third kappa shape index (κ3) is 5.13. The van der Waals surface area contributed by atoms with Gasteiger partial charge in [0.25, 0.3) is 0 Å². The second-order valence-corrected chi connectivity index (χ2v) is 8.23. The summed E-state index contributed by atoms with van der Waals surface area (Å²) in [4.78, 5) is 0. The van der Waals surface area contributed by atoms with Crippen molar-refractivity contribution in [3.05, 3.63) is 99.4 Å². The fraction of sp³-hybridized carbons (Fsp3) is 0.280. The smallest absolute Gasteiger partial charge is 0.423 e. The number of rotatable bonds is 5. The van der Waals surface area contributed by atoms with Crippen LogP contribution in [0.1, 0.15) is 40.0 Å². The molecule has 0 radical (unpaired) electrons. The molecule has 35 heavy (non-hydrogen) atoms. The van der Waals surface area contributed by atoms with Crippen LogP contribution in [0.2, 0.25) is 0 Å². The minimum absolute atomic E-state index is 0.0295. The highest BCUT2D eigenvalue weighted by atomic mass is 19.3. The van der Waals surface area contributed by atoms with Crippen LogP contribution < -0.4 is 4.74 Å². The average Bonchev–Trinajstić information content (AvgIpc) is 2.81. The molecule has 0 aromatic heterocycles. The van der Waals surface area contributed by atoms with Crippen molar-refractivity contribution in [2.75, 3.05) is 13.2 Å². The van der Waals surface area contributed by atoms with Gasteiger partial charge in [-0.25, -0.2) is 22.0 Å². The van der Waals surface area contributed by atoms with Crippen LogP contribution in [0.25, 0.3) is 0 Å². The third-order valence-electron chi connectivity index (χ3n) is 5.74. The Morgan fingerprint density at radius 2 is 1.31 bits per heavy atom. The normalized spacial score (nSPS) is 18.5. The summed E-state index contributed by atoms with van der Waals surface area (Å²) < 4.78 is 113. The molecule has 186 valence electrons. The lowest BCUT2D eigenvalue weighted by Crippen LogP contribution is -2.26. The summed E-state index contributed by atoms with van der Waals surface area (Å²) in [5.74, 6) is -10.4. The summed E-state index contributed by atoms with van der Waals surface area (Å²) in [6, 6.07) is 7.23. The van der Waals surface area contributed by atoms with Gasteiger partial charge < -0.3 is 14.2 Å². The highest BCUT2D eigenvalue weighted by Crippen LogP contribution is 2.38. The zero-order valence-electron chi connectivity index (χ0n) is 18.5. The van der Waals surface area contributed by atoms with Crippen LogP contribution in [0.4, 0.5) is 30.7 Å². The molecule has 0 atom stereocenters. The summed E-state index contributed by atoms with van der Waals surface area (Å²) in [5.41, 5.74) is 1.61. The van der Waals surface area contributed by atoms with E-state index in [1.807, 2.05) is 32.0 Å². The van der Waals surface area contributed by atoms with Crippen LogP contribution in [0.15, 0.2) is 42.5 Å². The molecule has 3 nitrogen and oxygen atoms in total. The van der Waals surface area contributed by atoms with Gasteiger partial charge in [-0.15, -0.1) is 0 Å². The fourth-order valence-electron chi connectivity index (χ4n) is 3.63. The Bertz CT molecular complexity index is 1210. The molecule has 1 saturated heterocycles. The maximum Gasteiger partial charge on any atom is 0.427 e. The van der Waals surface area contributed by atoms with Crippen LogP contribution in [0.3, 0.4) is 0 Å². The number of benzene rings is 3. The first-order chi connectivity index (χ1) is 16.5. The number of hydrogen-bond acceptors (Lipinski definition) is 3. The van der Waals surface area contributed by atoms with Crippen LogP contribution in [0.5, 0.6) is 5.75 Å². The van der Waals surface area contributed by atoms with Crippen molar-refractivity contribution in [1.82, 2.24) is 0 Å². The SMILES string of the molecule is Cc1ccc(C2COC(c3cc(F)c(OC(F)(F)c4cc(F)c(F)c(F)c4)c(F)c3)OC2)cc1C. The highest BCUT2D eigenvalue weighted by molar-refractivity contribution is 5.35. The summed E-state index contributed by atoms with van der Waals surface area (Å²) in [6.07, 6.45) is -5.73. The Morgan fingerprint density at radius 1 is 0.743 bits per heavy atom. The maximum absolute atomic E-state index is 14.5. The van der Waals surface area contributed by atoms with Gasteiger partial charge in [0.15, 0.2) is 41.1 Å². The van der Waals surface area contributed by atoms with Crippen LogP contribution >= 0.6 is 0 Å². The molecule has 0 amide bonds. The second kappa shape index (κ2) is 9.50. The average molecular weight is 500 g/mol. The quantitative estimate of drug-likeness (QED) is 0.280. The lowest BCUT2D eigenvalue weighted by atomic mass is 9.96. The number of halogens is 7. The van der Waals surface area contributed by atoms with Crippen molar-refractivity contribution in [3.63, 3.8) is 0 Å². The molecule has 1 aliphatic rings. The molecule has 0 spiro atoms. The van der Waals surface area contributed by atoms with Crippen molar-refractivity contribution in [2.45, 2.75) is 32.2 Å². The second-order valence-electron chi connectivity index (χ2n) is 8.23. The van der Waals surface area contributed by atoms with Gasteiger partial charge in [-0.1, -0.05) is 18.2 Å². The Labute approximate surface area is 196 Å². The van der Waals surface area contributed by atoms with Gasteiger partial charge in [0, 0.05) is 11.5 Å². The topological polar surface area (TPSA) is 27.7 Å². The van der Waals surface area contributed by atoms with Crippen molar-refractivity contribution in [2.24, 2.45) is 0 Å². The van der Waals surface area contributed by atoms with E-state index in [-0.39, 0.29) is 36.8 Å². The number of aryl methyl sites for hydroxylation is 2. The molecule has 1 aliphatic heterocycles. The van der Waals surface area contributed by atoms with Crippen LogP contribution in [-0.4, -0.2) is 13.2 Å². The molecule has 10 heteroatoms.